The van der Waals surface area contributed by atoms with Gasteiger partial charge in [-0.25, -0.2) is 14.2 Å². The SMILES string of the molecule is CCc1nc(COc2c(F)cccc2/C=C/C(=O)O)cs1. The van der Waals surface area contributed by atoms with Crippen molar-refractivity contribution in [2.75, 3.05) is 0 Å². The zero-order valence-electron chi connectivity index (χ0n) is 11.4. The van der Waals surface area contributed by atoms with E-state index in [9.17, 15) is 9.18 Å². The molecule has 4 nitrogen and oxygen atoms in total. The summed E-state index contributed by atoms with van der Waals surface area (Å²) in [6, 6.07) is 4.37. The molecule has 1 heterocycles. The van der Waals surface area contributed by atoms with Gasteiger partial charge in [0.05, 0.1) is 10.7 Å². The number of para-hydroxylation sites is 1. The average molecular weight is 307 g/mol. The highest BCUT2D eigenvalue weighted by Crippen LogP contribution is 2.25. The number of thiazole rings is 1. The van der Waals surface area contributed by atoms with E-state index in [0.29, 0.717) is 5.56 Å². The van der Waals surface area contributed by atoms with Gasteiger partial charge in [-0.1, -0.05) is 19.1 Å². The molecule has 2 aromatic rings. The first-order valence-corrected chi connectivity index (χ1v) is 7.23. The Kier molecular flexibility index (Phi) is 5.05. The molecule has 21 heavy (non-hydrogen) atoms. The Morgan fingerprint density at radius 3 is 3.00 bits per heavy atom. The largest absolute Gasteiger partial charge is 0.484 e. The molecular weight excluding hydrogens is 293 g/mol. The van der Waals surface area contributed by atoms with E-state index in [0.717, 1.165) is 23.2 Å². The summed E-state index contributed by atoms with van der Waals surface area (Å²) in [5.41, 5.74) is 1.11. The van der Waals surface area contributed by atoms with Crippen molar-refractivity contribution in [1.29, 1.82) is 0 Å². The number of aryl methyl sites for hydroxylation is 1. The van der Waals surface area contributed by atoms with Gasteiger partial charge < -0.3 is 9.84 Å². The fourth-order valence-corrected chi connectivity index (χ4v) is 2.42. The molecule has 0 unspecified atom stereocenters. The molecule has 0 amide bonds. The van der Waals surface area contributed by atoms with Gasteiger partial charge in [0, 0.05) is 17.0 Å². The highest BCUT2D eigenvalue weighted by Gasteiger charge is 2.09. The molecule has 2 rings (SSSR count). The molecule has 0 bridgehead atoms. The Labute approximate surface area is 125 Å². The fourth-order valence-electron chi connectivity index (χ4n) is 1.69. The van der Waals surface area contributed by atoms with Crippen molar-refractivity contribution >= 4 is 23.4 Å². The van der Waals surface area contributed by atoms with Gasteiger partial charge in [0.2, 0.25) is 0 Å². The number of hydrogen-bond acceptors (Lipinski definition) is 4. The molecule has 0 fully saturated rings. The van der Waals surface area contributed by atoms with E-state index >= 15 is 0 Å². The lowest BCUT2D eigenvalue weighted by atomic mass is 10.2. The molecule has 0 aliphatic heterocycles. The summed E-state index contributed by atoms with van der Waals surface area (Å²) >= 11 is 1.53. The quantitative estimate of drug-likeness (QED) is 0.830. The van der Waals surface area contributed by atoms with Crippen molar-refractivity contribution in [3.8, 4) is 5.75 Å². The van der Waals surface area contributed by atoms with E-state index in [1.54, 1.807) is 6.07 Å². The zero-order valence-corrected chi connectivity index (χ0v) is 12.2. The third-order valence-corrected chi connectivity index (χ3v) is 3.71. The topological polar surface area (TPSA) is 59.4 Å². The minimum atomic E-state index is -1.10. The lowest BCUT2D eigenvalue weighted by Crippen LogP contribution is -2.00. The highest BCUT2D eigenvalue weighted by molar-refractivity contribution is 7.09. The Morgan fingerprint density at radius 1 is 1.52 bits per heavy atom. The molecule has 1 aromatic heterocycles. The normalized spacial score (nSPS) is 11.0. The predicted molar refractivity (Wildman–Crippen MR) is 78.9 cm³/mol. The van der Waals surface area contributed by atoms with Crippen LogP contribution < -0.4 is 4.74 Å². The van der Waals surface area contributed by atoms with Crippen LogP contribution in [0, 0.1) is 5.82 Å². The molecular formula is C15H14FNO3S. The van der Waals surface area contributed by atoms with Gasteiger partial charge in [-0.15, -0.1) is 11.3 Å². The monoisotopic (exact) mass is 307 g/mol. The molecule has 0 saturated carbocycles. The molecule has 0 radical (unpaired) electrons. The number of carboxylic acids is 1. The number of hydrogen-bond donors (Lipinski definition) is 1. The van der Waals surface area contributed by atoms with Gasteiger partial charge in [-0.2, -0.15) is 0 Å². The van der Waals surface area contributed by atoms with Crippen molar-refractivity contribution in [2.24, 2.45) is 0 Å². The molecule has 0 spiro atoms. The van der Waals surface area contributed by atoms with Crippen LogP contribution in [-0.2, 0) is 17.8 Å². The van der Waals surface area contributed by atoms with Crippen LogP contribution in [0.3, 0.4) is 0 Å². The van der Waals surface area contributed by atoms with Crippen molar-refractivity contribution in [2.45, 2.75) is 20.0 Å². The first-order chi connectivity index (χ1) is 10.1. The summed E-state index contributed by atoms with van der Waals surface area (Å²) < 4.78 is 19.3. The molecule has 0 saturated heterocycles. The number of nitrogens with zero attached hydrogens (tertiary/aromatic N) is 1. The maximum Gasteiger partial charge on any atom is 0.328 e. The van der Waals surface area contributed by atoms with Gasteiger partial charge >= 0.3 is 5.97 Å². The second-order valence-electron chi connectivity index (χ2n) is 4.20. The third kappa shape index (κ3) is 4.13. The first-order valence-electron chi connectivity index (χ1n) is 6.35. The summed E-state index contributed by atoms with van der Waals surface area (Å²) in [4.78, 5) is 14.9. The molecule has 6 heteroatoms. The van der Waals surface area contributed by atoms with Crippen LogP contribution in [0.1, 0.15) is 23.2 Å². The Morgan fingerprint density at radius 2 is 2.33 bits per heavy atom. The zero-order chi connectivity index (χ0) is 15.2. The fraction of sp³-hybridized carbons (Fsp3) is 0.200. The number of ether oxygens (including phenoxy) is 1. The predicted octanol–water partition coefficient (Wildman–Crippen LogP) is 3.52. The number of benzene rings is 1. The first kappa shape index (κ1) is 15.2. The Bertz CT molecular complexity index is 667. The highest BCUT2D eigenvalue weighted by atomic mass is 32.1. The summed E-state index contributed by atoms with van der Waals surface area (Å²) in [5.74, 6) is -1.60. The van der Waals surface area contributed by atoms with E-state index < -0.39 is 11.8 Å². The summed E-state index contributed by atoms with van der Waals surface area (Å²) in [7, 11) is 0. The van der Waals surface area contributed by atoms with Crippen LogP contribution in [0.4, 0.5) is 4.39 Å². The number of rotatable bonds is 6. The number of aromatic nitrogens is 1. The van der Waals surface area contributed by atoms with Crippen molar-refractivity contribution in [3.63, 3.8) is 0 Å². The third-order valence-electron chi connectivity index (χ3n) is 2.67. The lowest BCUT2D eigenvalue weighted by Gasteiger charge is -2.09. The minimum absolute atomic E-state index is 0.0287. The van der Waals surface area contributed by atoms with E-state index in [1.807, 2.05) is 12.3 Å². The second kappa shape index (κ2) is 6.99. The minimum Gasteiger partial charge on any atom is -0.484 e. The molecule has 110 valence electrons. The second-order valence-corrected chi connectivity index (χ2v) is 5.15. The van der Waals surface area contributed by atoms with Gasteiger partial charge in [-0.3, -0.25) is 0 Å². The van der Waals surface area contributed by atoms with Crippen molar-refractivity contribution in [3.05, 3.63) is 51.7 Å². The molecule has 1 aromatic carbocycles. The molecule has 0 aliphatic rings. The van der Waals surface area contributed by atoms with Gasteiger partial charge in [0.1, 0.15) is 6.61 Å². The van der Waals surface area contributed by atoms with Gasteiger partial charge in [0.25, 0.3) is 0 Å². The summed E-state index contributed by atoms with van der Waals surface area (Å²) in [6.07, 6.45) is 3.09. The Hall–Kier alpha value is -2.21. The average Bonchev–Trinajstić information content (AvgIpc) is 2.92. The van der Waals surface area contributed by atoms with Gasteiger partial charge in [0.15, 0.2) is 11.6 Å². The molecule has 1 N–H and O–H groups in total. The van der Waals surface area contributed by atoms with Crippen LogP contribution in [0.15, 0.2) is 29.7 Å². The van der Waals surface area contributed by atoms with Crippen LogP contribution in [0.25, 0.3) is 6.08 Å². The van der Waals surface area contributed by atoms with Gasteiger partial charge in [-0.05, 0) is 18.6 Å². The van der Waals surface area contributed by atoms with Crippen LogP contribution in [-0.4, -0.2) is 16.1 Å². The van der Waals surface area contributed by atoms with E-state index in [2.05, 4.69) is 4.98 Å². The van der Waals surface area contributed by atoms with Crippen LogP contribution >= 0.6 is 11.3 Å². The molecule has 0 atom stereocenters. The lowest BCUT2D eigenvalue weighted by molar-refractivity contribution is -0.131. The smallest absolute Gasteiger partial charge is 0.328 e. The van der Waals surface area contributed by atoms with Crippen LogP contribution in [0.5, 0.6) is 5.75 Å². The number of halogens is 1. The molecule has 0 aliphatic carbocycles. The number of carboxylic acid groups (broad SMARTS) is 1. The Balaban J connectivity index is 2.16. The maximum atomic E-state index is 13.8. The van der Waals surface area contributed by atoms with Crippen molar-refractivity contribution < 1.29 is 19.0 Å². The van der Waals surface area contributed by atoms with E-state index in [-0.39, 0.29) is 12.4 Å². The maximum absolute atomic E-state index is 13.8. The summed E-state index contributed by atoms with van der Waals surface area (Å²) in [5, 5.41) is 11.5. The number of aliphatic carboxylic acids is 1. The van der Waals surface area contributed by atoms with E-state index in [4.69, 9.17) is 9.84 Å². The van der Waals surface area contributed by atoms with Crippen LogP contribution in [0.2, 0.25) is 0 Å². The summed E-state index contributed by atoms with van der Waals surface area (Å²) in [6.45, 7) is 2.15. The van der Waals surface area contributed by atoms with Crippen molar-refractivity contribution in [1.82, 2.24) is 4.98 Å². The standard InChI is InChI=1S/C15H14FNO3S/c1-2-13-17-11(9-21-13)8-20-15-10(6-7-14(18)19)4-3-5-12(15)16/h3-7,9H,2,8H2,1H3,(H,18,19)/b7-6+. The number of carbonyl (C=O) groups is 1. The van der Waals surface area contributed by atoms with E-state index in [1.165, 1.54) is 29.5 Å².